The van der Waals surface area contributed by atoms with Crippen molar-refractivity contribution in [3.63, 3.8) is 0 Å². The first kappa shape index (κ1) is 22.7. The molecule has 5 nitrogen and oxygen atoms in total. The average molecular weight is 442 g/mol. The Labute approximate surface area is 195 Å². The number of piperidine rings is 1. The Morgan fingerprint density at radius 2 is 1.73 bits per heavy atom. The second-order valence-electron chi connectivity index (χ2n) is 9.22. The summed E-state index contributed by atoms with van der Waals surface area (Å²) >= 11 is 0. The van der Waals surface area contributed by atoms with E-state index in [1.165, 1.54) is 5.56 Å². The SMILES string of the molecule is CC(C)NC(=O)C1(Cc2ccc(-c3ccccc3)cc2)CCCN(C(=O)c2cccnc2)C1. The summed E-state index contributed by atoms with van der Waals surface area (Å²) in [5, 5.41) is 3.12. The molecule has 1 aliphatic heterocycles. The summed E-state index contributed by atoms with van der Waals surface area (Å²) in [6.45, 7) is 5.00. The van der Waals surface area contributed by atoms with Crippen LogP contribution >= 0.6 is 0 Å². The number of nitrogens with one attached hydrogen (secondary N) is 1. The van der Waals surface area contributed by atoms with Crippen LogP contribution in [0.2, 0.25) is 0 Å². The first-order valence-corrected chi connectivity index (χ1v) is 11.6. The molecule has 0 bridgehead atoms. The van der Waals surface area contributed by atoms with Crippen LogP contribution in [-0.4, -0.2) is 40.8 Å². The van der Waals surface area contributed by atoms with Gasteiger partial charge < -0.3 is 10.2 Å². The van der Waals surface area contributed by atoms with Gasteiger partial charge in [-0.15, -0.1) is 0 Å². The lowest BCUT2D eigenvalue weighted by Crippen LogP contribution is -2.55. The van der Waals surface area contributed by atoms with Gasteiger partial charge >= 0.3 is 0 Å². The molecule has 1 unspecified atom stereocenters. The molecule has 1 saturated heterocycles. The topological polar surface area (TPSA) is 62.3 Å². The van der Waals surface area contributed by atoms with Crippen molar-refractivity contribution in [1.29, 1.82) is 0 Å². The molecule has 2 heterocycles. The summed E-state index contributed by atoms with van der Waals surface area (Å²) in [6, 6.07) is 22.3. The molecule has 1 aromatic heterocycles. The highest BCUT2D eigenvalue weighted by atomic mass is 16.2. The van der Waals surface area contributed by atoms with E-state index in [2.05, 4.69) is 46.7 Å². The van der Waals surface area contributed by atoms with E-state index in [9.17, 15) is 9.59 Å². The van der Waals surface area contributed by atoms with E-state index >= 15 is 0 Å². The van der Waals surface area contributed by atoms with Crippen LogP contribution in [0.5, 0.6) is 0 Å². The number of pyridine rings is 1. The highest BCUT2D eigenvalue weighted by Gasteiger charge is 2.43. The standard InChI is InChI=1S/C28H31N3O2/c1-21(2)30-27(33)28(15-7-17-31(20-28)26(32)25-10-6-16-29-19-25)18-22-11-13-24(14-12-22)23-8-4-3-5-9-23/h3-6,8-14,16,19,21H,7,15,17-18,20H2,1-2H3,(H,30,33). The molecule has 1 atom stereocenters. The van der Waals surface area contributed by atoms with E-state index in [-0.39, 0.29) is 17.9 Å². The van der Waals surface area contributed by atoms with Crippen LogP contribution in [-0.2, 0) is 11.2 Å². The minimum Gasteiger partial charge on any atom is -0.353 e. The summed E-state index contributed by atoms with van der Waals surface area (Å²) in [4.78, 5) is 32.5. The number of carbonyl (C=O) groups is 2. The number of nitrogens with zero attached hydrogens (tertiary/aromatic N) is 2. The molecule has 1 aliphatic rings. The van der Waals surface area contributed by atoms with E-state index in [0.717, 1.165) is 24.0 Å². The van der Waals surface area contributed by atoms with Crippen molar-refractivity contribution in [3.05, 3.63) is 90.3 Å². The molecule has 0 aliphatic carbocycles. The van der Waals surface area contributed by atoms with E-state index in [1.807, 2.05) is 36.9 Å². The molecule has 2 aromatic carbocycles. The Kier molecular flexibility index (Phi) is 6.87. The second kappa shape index (κ2) is 9.99. The van der Waals surface area contributed by atoms with E-state index in [1.54, 1.807) is 24.5 Å². The zero-order chi connectivity index (χ0) is 23.3. The van der Waals surface area contributed by atoms with Crippen LogP contribution in [0.15, 0.2) is 79.1 Å². The van der Waals surface area contributed by atoms with Gasteiger partial charge in [0, 0.05) is 31.5 Å². The van der Waals surface area contributed by atoms with Crippen LogP contribution in [0.25, 0.3) is 11.1 Å². The number of hydrogen-bond acceptors (Lipinski definition) is 3. The van der Waals surface area contributed by atoms with E-state index < -0.39 is 5.41 Å². The van der Waals surface area contributed by atoms with Crippen LogP contribution in [0.4, 0.5) is 0 Å². The summed E-state index contributed by atoms with van der Waals surface area (Å²) in [7, 11) is 0. The molecule has 5 heteroatoms. The minimum atomic E-state index is -0.658. The number of benzene rings is 2. The Morgan fingerprint density at radius 1 is 1.00 bits per heavy atom. The fraction of sp³-hybridized carbons (Fsp3) is 0.321. The molecule has 4 rings (SSSR count). The monoisotopic (exact) mass is 441 g/mol. The maximum absolute atomic E-state index is 13.5. The molecule has 0 spiro atoms. The van der Waals surface area contributed by atoms with Crippen LogP contribution in [0.3, 0.4) is 0 Å². The maximum atomic E-state index is 13.5. The predicted molar refractivity (Wildman–Crippen MR) is 131 cm³/mol. The molecule has 33 heavy (non-hydrogen) atoms. The first-order valence-electron chi connectivity index (χ1n) is 11.6. The van der Waals surface area contributed by atoms with Crippen molar-refractivity contribution in [1.82, 2.24) is 15.2 Å². The number of rotatable bonds is 6. The number of hydrogen-bond donors (Lipinski definition) is 1. The van der Waals surface area contributed by atoms with Gasteiger partial charge in [0.05, 0.1) is 11.0 Å². The van der Waals surface area contributed by atoms with Gasteiger partial charge in [0.2, 0.25) is 5.91 Å². The third kappa shape index (κ3) is 5.30. The molecule has 1 N–H and O–H groups in total. The van der Waals surface area contributed by atoms with Crippen molar-refractivity contribution in [2.75, 3.05) is 13.1 Å². The van der Waals surface area contributed by atoms with E-state index in [4.69, 9.17) is 0 Å². The third-order valence-corrected chi connectivity index (χ3v) is 6.28. The zero-order valence-corrected chi connectivity index (χ0v) is 19.3. The third-order valence-electron chi connectivity index (χ3n) is 6.28. The van der Waals surface area contributed by atoms with Crippen molar-refractivity contribution in [3.8, 4) is 11.1 Å². The van der Waals surface area contributed by atoms with Crippen molar-refractivity contribution >= 4 is 11.8 Å². The maximum Gasteiger partial charge on any atom is 0.255 e. The van der Waals surface area contributed by atoms with Gasteiger partial charge in [-0.2, -0.15) is 0 Å². The van der Waals surface area contributed by atoms with Crippen molar-refractivity contribution in [2.24, 2.45) is 5.41 Å². The van der Waals surface area contributed by atoms with Gasteiger partial charge in [-0.25, -0.2) is 0 Å². The average Bonchev–Trinajstić information content (AvgIpc) is 2.85. The Morgan fingerprint density at radius 3 is 2.39 bits per heavy atom. The number of aromatic nitrogens is 1. The lowest BCUT2D eigenvalue weighted by molar-refractivity contribution is -0.134. The molecular formula is C28H31N3O2. The number of likely N-dealkylation sites (tertiary alicyclic amines) is 1. The first-order chi connectivity index (χ1) is 16.0. The fourth-order valence-electron chi connectivity index (χ4n) is 4.64. The van der Waals surface area contributed by atoms with Crippen LogP contribution in [0, 0.1) is 5.41 Å². The van der Waals surface area contributed by atoms with Gasteiger partial charge in [-0.1, -0.05) is 54.6 Å². The van der Waals surface area contributed by atoms with Crippen molar-refractivity contribution in [2.45, 2.75) is 39.2 Å². The number of carbonyl (C=O) groups excluding carboxylic acids is 2. The van der Waals surface area contributed by atoms with Gasteiger partial charge in [0.25, 0.3) is 5.91 Å². The predicted octanol–water partition coefficient (Wildman–Crippen LogP) is 4.74. The molecular weight excluding hydrogens is 410 g/mol. The normalized spacial score (nSPS) is 18.2. The Balaban J connectivity index is 1.59. The largest absolute Gasteiger partial charge is 0.353 e. The lowest BCUT2D eigenvalue weighted by atomic mass is 9.73. The zero-order valence-electron chi connectivity index (χ0n) is 19.3. The molecule has 2 amide bonds. The van der Waals surface area contributed by atoms with Crippen molar-refractivity contribution < 1.29 is 9.59 Å². The molecule has 1 fully saturated rings. The van der Waals surface area contributed by atoms with Gasteiger partial charge in [0.15, 0.2) is 0 Å². The lowest BCUT2D eigenvalue weighted by Gasteiger charge is -2.42. The quantitative estimate of drug-likeness (QED) is 0.601. The van der Waals surface area contributed by atoms with Gasteiger partial charge in [0.1, 0.15) is 0 Å². The van der Waals surface area contributed by atoms with E-state index in [0.29, 0.717) is 25.1 Å². The van der Waals surface area contributed by atoms with Crippen LogP contribution in [0.1, 0.15) is 42.6 Å². The highest BCUT2D eigenvalue weighted by molar-refractivity contribution is 5.94. The summed E-state index contributed by atoms with van der Waals surface area (Å²) in [6.07, 6.45) is 5.39. The smallest absolute Gasteiger partial charge is 0.255 e. The Bertz CT molecular complexity index is 1080. The summed E-state index contributed by atoms with van der Waals surface area (Å²) in [5.41, 5.74) is 3.32. The summed E-state index contributed by atoms with van der Waals surface area (Å²) in [5.74, 6) is -0.0442. The molecule has 0 saturated carbocycles. The minimum absolute atomic E-state index is 0.0216. The van der Waals surface area contributed by atoms with Crippen LogP contribution < -0.4 is 5.32 Å². The fourth-order valence-corrected chi connectivity index (χ4v) is 4.64. The molecule has 3 aromatic rings. The summed E-state index contributed by atoms with van der Waals surface area (Å²) < 4.78 is 0. The highest BCUT2D eigenvalue weighted by Crippen LogP contribution is 2.35. The van der Waals surface area contributed by atoms with Gasteiger partial charge in [-0.3, -0.25) is 14.6 Å². The second-order valence-corrected chi connectivity index (χ2v) is 9.22. The van der Waals surface area contributed by atoms with Gasteiger partial charge in [-0.05, 0) is 61.9 Å². The molecule has 0 radical (unpaired) electrons. The molecule has 170 valence electrons. The number of amides is 2. The Hall–Kier alpha value is -3.47.